The number of carboxylic acids is 1. The van der Waals surface area contributed by atoms with Crippen LogP contribution < -0.4 is 5.32 Å². The molecule has 0 fully saturated rings. The number of rotatable bonds is 7. The van der Waals surface area contributed by atoms with E-state index in [0.29, 0.717) is 16.1 Å². The Morgan fingerprint density at radius 1 is 1.04 bits per heavy atom. The summed E-state index contributed by atoms with van der Waals surface area (Å²) in [6.07, 6.45) is -0.464. The fraction of sp³-hybridized carbons (Fsp3) is 0.176. The number of benzene rings is 2. The number of hydrogen-bond acceptors (Lipinski definition) is 4. The summed E-state index contributed by atoms with van der Waals surface area (Å²) in [7, 11) is -4.34. The van der Waals surface area contributed by atoms with Crippen LogP contribution in [0.15, 0.2) is 48.5 Å². The second-order valence-electron chi connectivity index (χ2n) is 5.46. The molecule has 0 aliphatic rings. The number of halogens is 1. The lowest BCUT2D eigenvalue weighted by atomic mass is 9.99. The molecule has 0 saturated carbocycles. The van der Waals surface area contributed by atoms with Gasteiger partial charge in [0.1, 0.15) is 6.04 Å². The van der Waals surface area contributed by atoms with Gasteiger partial charge < -0.3 is 10.4 Å². The minimum Gasteiger partial charge on any atom is -0.480 e. The summed E-state index contributed by atoms with van der Waals surface area (Å²) in [5.74, 6) is -2.88. The van der Waals surface area contributed by atoms with Crippen LogP contribution >= 0.6 is 11.6 Å². The molecule has 9 heteroatoms. The van der Waals surface area contributed by atoms with Crippen molar-refractivity contribution in [2.75, 3.05) is 5.75 Å². The number of hydrogen-bond donors (Lipinski definition) is 3. The summed E-state index contributed by atoms with van der Waals surface area (Å²) in [4.78, 5) is 23.8. The second kappa shape index (κ2) is 8.31. The highest BCUT2D eigenvalue weighted by molar-refractivity contribution is 7.85. The van der Waals surface area contributed by atoms with Crippen molar-refractivity contribution >= 4 is 33.6 Å². The first-order valence-electron chi connectivity index (χ1n) is 7.52. The first-order valence-corrected chi connectivity index (χ1v) is 9.50. The topological polar surface area (TPSA) is 121 Å². The van der Waals surface area contributed by atoms with Gasteiger partial charge in [-0.15, -0.1) is 0 Å². The van der Waals surface area contributed by atoms with E-state index in [-0.39, 0.29) is 5.56 Å². The number of carbonyl (C=O) groups excluding carboxylic acids is 1. The number of amides is 1. The lowest BCUT2D eigenvalue weighted by molar-refractivity contribution is -0.139. The van der Waals surface area contributed by atoms with Crippen molar-refractivity contribution in [2.45, 2.75) is 12.5 Å². The first-order chi connectivity index (χ1) is 12.2. The van der Waals surface area contributed by atoms with Crippen LogP contribution in [0, 0.1) is 0 Å². The molecule has 0 saturated heterocycles. The largest absolute Gasteiger partial charge is 0.480 e. The summed E-state index contributed by atoms with van der Waals surface area (Å²) in [5.41, 5.74) is 1.30. The van der Waals surface area contributed by atoms with Crippen LogP contribution in [0.2, 0.25) is 5.02 Å². The summed E-state index contributed by atoms with van der Waals surface area (Å²) in [5, 5.41) is 11.9. The molecule has 0 radical (unpaired) electrons. The van der Waals surface area contributed by atoms with Gasteiger partial charge in [0.25, 0.3) is 16.0 Å². The molecule has 2 aromatic rings. The van der Waals surface area contributed by atoms with Gasteiger partial charge in [-0.2, -0.15) is 8.42 Å². The van der Waals surface area contributed by atoms with Crippen molar-refractivity contribution in [3.63, 3.8) is 0 Å². The first kappa shape index (κ1) is 19.9. The molecule has 7 nitrogen and oxygen atoms in total. The molecular formula is C17H16ClNO6S. The lowest BCUT2D eigenvalue weighted by Crippen LogP contribution is -2.42. The number of aliphatic carboxylic acids is 1. The molecular weight excluding hydrogens is 382 g/mol. The average Bonchev–Trinajstić information content (AvgIpc) is 2.58. The minimum atomic E-state index is -4.34. The van der Waals surface area contributed by atoms with Crippen LogP contribution in [0.4, 0.5) is 0 Å². The van der Waals surface area contributed by atoms with Crippen molar-refractivity contribution in [2.24, 2.45) is 0 Å². The van der Waals surface area contributed by atoms with E-state index in [1.807, 2.05) is 0 Å². The maximum atomic E-state index is 12.6. The van der Waals surface area contributed by atoms with Crippen LogP contribution in [-0.2, 0) is 14.9 Å². The fourth-order valence-electron chi connectivity index (χ4n) is 2.36. The van der Waals surface area contributed by atoms with Gasteiger partial charge in [0.05, 0.1) is 5.75 Å². The van der Waals surface area contributed by atoms with Crippen LogP contribution in [0.5, 0.6) is 0 Å². The Kier molecular flexibility index (Phi) is 6.36. The zero-order chi connectivity index (χ0) is 19.3. The molecule has 26 heavy (non-hydrogen) atoms. The number of carboxylic acid groups (broad SMARTS) is 1. The standard InChI is InChI=1S/C17H16ClNO6S/c18-14-8-4-3-6-12(14)11-5-1-2-7-13(11)16(20)19-15(17(21)22)9-10-26(23,24)25/h1-8,15H,9-10H2,(H,19,20)(H,21,22)(H,23,24,25)/t15-/m0/s1. The van der Waals surface area contributed by atoms with Gasteiger partial charge in [0.15, 0.2) is 0 Å². The minimum absolute atomic E-state index is 0.193. The predicted molar refractivity (Wildman–Crippen MR) is 96.8 cm³/mol. The SMILES string of the molecule is O=C(N[C@@H](CCS(=O)(=O)O)C(=O)O)c1ccccc1-c1ccccc1Cl. The molecule has 3 N–H and O–H groups in total. The summed E-state index contributed by atoms with van der Waals surface area (Å²) < 4.78 is 30.4. The fourth-order valence-corrected chi connectivity index (χ4v) is 3.13. The van der Waals surface area contributed by atoms with Gasteiger partial charge in [0.2, 0.25) is 0 Å². The maximum absolute atomic E-state index is 12.6. The van der Waals surface area contributed by atoms with E-state index < -0.39 is 40.2 Å². The zero-order valence-electron chi connectivity index (χ0n) is 13.4. The second-order valence-corrected chi connectivity index (χ2v) is 7.44. The van der Waals surface area contributed by atoms with E-state index in [1.54, 1.807) is 42.5 Å². The molecule has 0 spiro atoms. The maximum Gasteiger partial charge on any atom is 0.326 e. The highest BCUT2D eigenvalue weighted by Crippen LogP contribution is 2.30. The van der Waals surface area contributed by atoms with Crippen molar-refractivity contribution in [1.29, 1.82) is 0 Å². The molecule has 1 amide bonds. The van der Waals surface area contributed by atoms with Crippen molar-refractivity contribution in [1.82, 2.24) is 5.32 Å². The van der Waals surface area contributed by atoms with Crippen molar-refractivity contribution < 1.29 is 27.7 Å². The third-order valence-electron chi connectivity index (χ3n) is 3.60. The highest BCUT2D eigenvalue weighted by atomic mass is 35.5. The lowest BCUT2D eigenvalue weighted by Gasteiger charge is -2.16. The quantitative estimate of drug-likeness (QED) is 0.617. The highest BCUT2D eigenvalue weighted by Gasteiger charge is 2.24. The van der Waals surface area contributed by atoms with E-state index in [0.717, 1.165) is 0 Å². The molecule has 0 aliphatic carbocycles. The molecule has 2 rings (SSSR count). The van der Waals surface area contributed by atoms with Gasteiger partial charge >= 0.3 is 5.97 Å². The van der Waals surface area contributed by atoms with Gasteiger partial charge in [0, 0.05) is 16.1 Å². The molecule has 0 heterocycles. The number of carbonyl (C=O) groups is 2. The van der Waals surface area contributed by atoms with Gasteiger partial charge in [-0.05, 0) is 24.1 Å². The normalized spacial score (nSPS) is 12.4. The smallest absolute Gasteiger partial charge is 0.326 e. The van der Waals surface area contributed by atoms with E-state index in [1.165, 1.54) is 6.07 Å². The predicted octanol–water partition coefficient (Wildman–Crippen LogP) is 2.47. The molecule has 2 aromatic carbocycles. The Balaban J connectivity index is 2.29. The molecule has 1 atom stereocenters. The number of nitrogens with one attached hydrogen (secondary N) is 1. The van der Waals surface area contributed by atoms with E-state index >= 15 is 0 Å². The molecule has 0 bridgehead atoms. The van der Waals surface area contributed by atoms with Crippen molar-refractivity contribution in [3.8, 4) is 11.1 Å². The van der Waals surface area contributed by atoms with Crippen molar-refractivity contribution in [3.05, 3.63) is 59.1 Å². The summed E-state index contributed by atoms with van der Waals surface area (Å²) in [6.45, 7) is 0. The third-order valence-corrected chi connectivity index (χ3v) is 4.68. The van der Waals surface area contributed by atoms with Crippen LogP contribution in [0.3, 0.4) is 0 Å². The third kappa shape index (κ3) is 5.29. The van der Waals surface area contributed by atoms with Crippen LogP contribution in [-0.4, -0.2) is 41.7 Å². The zero-order valence-corrected chi connectivity index (χ0v) is 15.0. The van der Waals surface area contributed by atoms with Gasteiger partial charge in [-0.3, -0.25) is 9.35 Å². The van der Waals surface area contributed by atoms with Crippen LogP contribution in [0.1, 0.15) is 16.8 Å². The van der Waals surface area contributed by atoms with E-state index in [9.17, 15) is 23.1 Å². The monoisotopic (exact) mass is 397 g/mol. The van der Waals surface area contributed by atoms with Gasteiger partial charge in [-0.25, -0.2) is 4.79 Å². The van der Waals surface area contributed by atoms with E-state index in [2.05, 4.69) is 5.32 Å². The Morgan fingerprint density at radius 2 is 1.62 bits per heavy atom. The Morgan fingerprint density at radius 3 is 2.19 bits per heavy atom. The molecule has 0 aromatic heterocycles. The molecule has 0 aliphatic heterocycles. The Hall–Kier alpha value is -2.42. The van der Waals surface area contributed by atoms with E-state index in [4.69, 9.17) is 16.2 Å². The summed E-state index contributed by atoms with van der Waals surface area (Å²) >= 11 is 6.17. The molecule has 138 valence electrons. The summed E-state index contributed by atoms with van der Waals surface area (Å²) in [6, 6.07) is 11.9. The average molecular weight is 398 g/mol. The van der Waals surface area contributed by atoms with Gasteiger partial charge in [-0.1, -0.05) is 48.0 Å². The Labute approximate surface area is 155 Å². The molecule has 0 unspecified atom stereocenters. The Bertz CT molecular complexity index is 928. The van der Waals surface area contributed by atoms with Crippen LogP contribution in [0.25, 0.3) is 11.1 Å².